The number of nitrogens with one attached hydrogen (secondary N) is 1. The molecule has 1 amide bonds. The normalized spacial score (nSPS) is 15.7. The van der Waals surface area contributed by atoms with Gasteiger partial charge in [-0.1, -0.05) is 15.9 Å². The molecule has 0 atom stereocenters. The van der Waals surface area contributed by atoms with Crippen LogP contribution in [0.3, 0.4) is 0 Å². The first-order valence-corrected chi connectivity index (χ1v) is 6.61. The average Bonchev–Trinajstić information content (AvgIpc) is 2.97. The quantitative estimate of drug-likeness (QED) is 0.861. The first-order chi connectivity index (χ1) is 8.25. The van der Waals surface area contributed by atoms with Gasteiger partial charge in [0.05, 0.1) is 5.56 Å². The Morgan fingerprint density at radius 1 is 1.29 bits per heavy atom. The van der Waals surface area contributed by atoms with Crippen LogP contribution >= 0.6 is 15.9 Å². The second-order valence-corrected chi connectivity index (χ2v) is 5.31. The Hall–Kier alpha value is -1.29. The van der Waals surface area contributed by atoms with Crippen LogP contribution in [-0.4, -0.2) is 28.9 Å². The third-order valence-electron chi connectivity index (χ3n) is 3.27. The largest absolute Gasteiger partial charge is 0.360 e. The monoisotopic (exact) mass is 292 g/mol. The minimum Gasteiger partial charge on any atom is -0.360 e. The van der Waals surface area contributed by atoms with E-state index in [1.807, 2.05) is 29.3 Å². The molecule has 3 nitrogen and oxygen atoms in total. The zero-order chi connectivity index (χ0) is 11.8. The van der Waals surface area contributed by atoms with Crippen molar-refractivity contribution in [1.82, 2.24) is 9.88 Å². The molecule has 17 heavy (non-hydrogen) atoms. The molecule has 2 heterocycles. The molecular formula is C13H13BrN2O. The molecule has 4 heteroatoms. The number of likely N-dealkylation sites (tertiary alicyclic amines) is 1. The number of carbonyl (C=O) groups excluding carboxylic acids is 1. The highest BCUT2D eigenvalue weighted by Gasteiger charge is 2.21. The maximum absolute atomic E-state index is 12.3. The minimum atomic E-state index is 0.145. The fourth-order valence-electron chi connectivity index (χ4n) is 2.36. The number of hydrogen-bond donors (Lipinski definition) is 1. The summed E-state index contributed by atoms with van der Waals surface area (Å²) in [6, 6.07) is 5.96. The second-order valence-electron chi connectivity index (χ2n) is 4.39. The van der Waals surface area contributed by atoms with E-state index in [0.29, 0.717) is 0 Å². The van der Waals surface area contributed by atoms with E-state index >= 15 is 0 Å². The van der Waals surface area contributed by atoms with Gasteiger partial charge in [0.15, 0.2) is 0 Å². The van der Waals surface area contributed by atoms with Crippen molar-refractivity contribution < 1.29 is 4.79 Å². The van der Waals surface area contributed by atoms with Crippen LogP contribution in [0.5, 0.6) is 0 Å². The first kappa shape index (κ1) is 10.8. The van der Waals surface area contributed by atoms with E-state index < -0.39 is 0 Å². The number of amides is 1. The average molecular weight is 293 g/mol. The summed E-state index contributed by atoms with van der Waals surface area (Å²) in [5.74, 6) is 0.145. The van der Waals surface area contributed by atoms with Gasteiger partial charge >= 0.3 is 0 Å². The number of carbonyl (C=O) groups is 1. The molecule has 0 bridgehead atoms. The molecule has 0 spiro atoms. The lowest BCUT2D eigenvalue weighted by Crippen LogP contribution is -2.27. The van der Waals surface area contributed by atoms with Crippen LogP contribution in [0.4, 0.5) is 0 Å². The van der Waals surface area contributed by atoms with Crippen molar-refractivity contribution in [3.05, 3.63) is 34.4 Å². The van der Waals surface area contributed by atoms with Gasteiger partial charge < -0.3 is 9.88 Å². The molecule has 1 N–H and O–H groups in total. The predicted molar refractivity (Wildman–Crippen MR) is 71.1 cm³/mol. The summed E-state index contributed by atoms with van der Waals surface area (Å²) in [7, 11) is 0. The molecular weight excluding hydrogens is 280 g/mol. The van der Waals surface area contributed by atoms with Crippen molar-refractivity contribution in [3.8, 4) is 0 Å². The molecule has 1 fully saturated rings. The van der Waals surface area contributed by atoms with Gasteiger partial charge in [-0.25, -0.2) is 0 Å². The fraction of sp³-hybridized carbons (Fsp3) is 0.308. The molecule has 1 aliphatic heterocycles. The maximum atomic E-state index is 12.3. The highest BCUT2D eigenvalue weighted by atomic mass is 79.9. The molecule has 88 valence electrons. The molecule has 1 saturated heterocycles. The van der Waals surface area contributed by atoms with Crippen LogP contribution in [0, 0.1) is 0 Å². The van der Waals surface area contributed by atoms with E-state index in [9.17, 15) is 4.79 Å². The number of H-pyrrole nitrogens is 1. The third-order valence-corrected chi connectivity index (χ3v) is 3.76. The molecule has 0 aliphatic carbocycles. The highest BCUT2D eigenvalue weighted by Crippen LogP contribution is 2.24. The molecule has 1 aromatic heterocycles. The van der Waals surface area contributed by atoms with Crippen molar-refractivity contribution in [1.29, 1.82) is 0 Å². The van der Waals surface area contributed by atoms with E-state index in [0.717, 1.165) is 46.9 Å². The lowest BCUT2D eigenvalue weighted by atomic mass is 10.1. The van der Waals surface area contributed by atoms with Crippen molar-refractivity contribution in [2.24, 2.45) is 0 Å². The summed E-state index contributed by atoms with van der Waals surface area (Å²) in [6.45, 7) is 1.78. The highest BCUT2D eigenvalue weighted by molar-refractivity contribution is 9.10. The van der Waals surface area contributed by atoms with Crippen molar-refractivity contribution in [2.45, 2.75) is 12.8 Å². The van der Waals surface area contributed by atoms with E-state index in [4.69, 9.17) is 0 Å². The molecule has 1 aliphatic rings. The Kier molecular flexibility index (Phi) is 2.67. The van der Waals surface area contributed by atoms with Crippen LogP contribution in [-0.2, 0) is 0 Å². The molecule has 2 aromatic rings. The zero-order valence-electron chi connectivity index (χ0n) is 9.37. The second kappa shape index (κ2) is 4.18. The van der Waals surface area contributed by atoms with Crippen LogP contribution in [0.15, 0.2) is 28.9 Å². The van der Waals surface area contributed by atoms with Gasteiger partial charge in [0, 0.05) is 34.7 Å². The number of halogens is 1. The van der Waals surface area contributed by atoms with Gasteiger partial charge in [-0.05, 0) is 31.0 Å². The van der Waals surface area contributed by atoms with Gasteiger partial charge in [0.2, 0.25) is 0 Å². The van der Waals surface area contributed by atoms with Crippen LogP contribution < -0.4 is 0 Å². The smallest absolute Gasteiger partial charge is 0.256 e. The number of fused-ring (bicyclic) bond motifs is 1. The number of aromatic amines is 1. The summed E-state index contributed by atoms with van der Waals surface area (Å²) >= 11 is 3.45. The number of rotatable bonds is 1. The van der Waals surface area contributed by atoms with E-state index in [1.54, 1.807) is 0 Å². The van der Waals surface area contributed by atoms with Crippen LogP contribution in [0.1, 0.15) is 23.2 Å². The van der Waals surface area contributed by atoms with Crippen LogP contribution in [0.2, 0.25) is 0 Å². The number of hydrogen-bond acceptors (Lipinski definition) is 1. The Labute approximate surface area is 108 Å². The number of aromatic nitrogens is 1. The van der Waals surface area contributed by atoms with E-state index in [-0.39, 0.29) is 5.91 Å². The Morgan fingerprint density at radius 2 is 2.06 bits per heavy atom. The maximum Gasteiger partial charge on any atom is 0.256 e. The number of benzene rings is 1. The minimum absolute atomic E-state index is 0.145. The van der Waals surface area contributed by atoms with Crippen molar-refractivity contribution >= 4 is 32.7 Å². The van der Waals surface area contributed by atoms with Gasteiger partial charge in [-0.3, -0.25) is 4.79 Å². The molecule has 0 saturated carbocycles. The van der Waals surface area contributed by atoms with Crippen molar-refractivity contribution in [3.63, 3.8) is 0 Å². The van der Waals surface area contributed by atoms with E-state index in [1.165, 1.54) is 0 Å². The summed E-state index contributed by atoms with van der Waals surface area (Å²) < 4.78 is 1.00. The zero-order valence-corrected chi connectivity index (χ0v) is 11.0. The van der Waals surface area contributed by atoms with Gasteiger partial charge in [0.1, 0.15) is 0 Å². The Balaban J connectivity index is 2.04. The fourth-order valence-corrected chi connectivity index (χ4v) is 2.72. The summed E-state index contributed by atoms with van der Waals surface area (Å²) in [6.07, 6.45) is 4.06. The SMILES string of the molecule is O=C(c1c[nH]c2ccc(Br)cc12)N1CCCC1. The first-order valence-electron chi connectivity index (χ1n) is 5.81. The summed E-state index contributed by atoms with van der Waals surface area (Å²) in [5, 5.41) is 0.997. The lowest BCUT2D eigenvalue weighted by molar-refractivity contribution is 0.0795. The molecule has 1 aromatic carbocycles. The molecule has 0 unspecified atom stereocenters. The van der Waals surface area contributed by atoms with Gasteiger partial charge in [-0.15, -0.1) is 0 Å². The Morgan fingerprint density at radius 3 is 2.82 bits per heavy atom. The van der Waals surface area contributed by atoms with E-state index in [2.05, 4.69) is 20.9 Å². The molecule has 0 radical (unpaired) electrons. The van der Waals surface area contributed by atoms with Crippen molar-refractivity contribution in [2.75, 3.05) is 13.1 Å². The van der Waals surface area contributed by atoms with Gasteiger partial charge in [-0.2, -0.15) is 0 Å². The summed E-state index contributed by atoms with van der Waals surface area (Å²) in [5.41, 5.74) is 1.79. The predicted octanol–water partition coefficient (Wildman–Crippen LogP) is 3.17. The lowest BCUT2D eigenvalue weighted by Gasteiger charge is -2.14. The summed E-state index contributed by atoms with van der Waals surface area (Å²) in [4.78, 5) is 17.4. The molecule has 3 rings (SSSR count). The van der Waals surface area contributed by atoms with Crippen LogP contribution in [0.25, 0.3) is 10.9 Å². The third kappa shape index (κ3) is 1.86. The standard InChI is InChI=1S/C13H13BrN2O/c14-9-3-4-12-10(7-9)11(8-15-12)13(17)16-5-1-2-6-16/h3-4,7-8,15H,1-2,5-6H2. The number of nitrogens with zero attached hydrogens (tertiary/aromatic N) is 1. The topological polar surface area (TPSA) is 36.1 Å². The van der Waals surface area contributed by atoms with Gasteiger partial charge in [0.25, 0.3) is 5.91 Å². The Bertz CT molecular complexity index is 570.